The van der Waals surface area contributed by atoms with E-state index in [-0.39, 0.29) is 16.9 Å². The van der Waals surface area contributed by atoms with E-state index in [9.17, 15) is 4.79 Å². The summed E-state index contributed by atoms with van der Waals surface area (Å²) in [7, 11) is 0. The van der Waals surface area contributed by atoms with Crippen molar-refractivity contribution in [2.24, 2.45) is 0 Å². The number of halogens is 1. The Morgan fingerprint density at radius 2 is 2.21 bits per heavy atom. The number of benzene rings is 1. The zero-order valence-corrected chi connectivity index (χ0v) is 11.5. The maximum absolute atomic E-state index is 11.9. The fourth-order valence-corrected chi connectivity index (χ4v) is 2.79. The number of nitrogens with zero attached hydrogens (tertiary/aromatic N) is 1. The van der Waals surface area contributed by atoms with Gasteiger partial charge in [0.05, 0.1) is 10.2 Å². The lowest BCUT2D eigenvalue weighted by molar-refractivity contribution is 0.0997. The number of hydrogen-bond acceptors (Lipinski definition) is 4. The molecule has 4 nitrogen and oxygen atoms in total. The summed E-state index contributed by atoms with van der Waals surface area (Å²) < 4.78 is 6.08. The molecule has 2 aromatic heterocycles. The van der Waals surface area contributed by atoms with Gasteiger partial charge >= 0.3 is 0 Å². The van der Waals surface area contributed by atoms with Gasteiger partial charge in [-0.15, -0.1) is 0 Å². The largest absolute Gasteiger partial charge is 0.440 e. The van der Waals surface area contributed by atoms with Crippen LogP contribution >= 0.6 is 22.9 Å². The van der Waals surface area contributed by atoms with Gasteiger partial charge in [0.15, 0.2) is 16.1 Å². The van der Waals surface area contributed by atoms with Crippen LogP contribution in [0.3, 0.4) is 0 Å². The quantitative estimate of drug-likeness (QED) is 0.773. The fourth-order valence-electron chi connectivity index (χ4n) is 1.68. The number of fused-ring (bicyclic) bond motifs is 1. The van der Waals surface area contributed by atoms with E-state index < -0.39 is 0 Å². The Labute approximate surface area is 118 Å². The minimum Gasteiger partial charge on any atom is -0.440 e. The monoisotopic (exact) mass is 292 g/mol. The van der Waals surface area contributed by atoms with Crippen LogP contribution in [0.4, 0.5) is 5.13 Å². The summed E-state index contributed by atoms with van der Waals surface area (Å²) in [5.74, 6) is -0.192. The first-order valence-corrected chi connectivity index (χ1v) is 6.75. The van der Waals surface area contributed by atoms with Crippen LogP contribution in [0.5, 0.6) is 0 Å². The average molecular weight is 293 g/mol. The van der Waals surface area contributed by atoms with Crippen molar-refractivity contribution < 1.29 is 9.21 Å². The van der Waals surface area contributed by atoms with Gasteiger partial charge in [0.1, 0.15) is 0 Å². The second-order valence-corrected chi connectivity index (χ2v) is 5.45. The lowest BCUT2D eigenvalue weighted by Crippen LogP contribution is -2.10. The smallest absolute Gasteiger partial charge is 0.293 e. The Kier molecular flexibility index (Phi) is 3.00. The van der Waals surface area contributed by atoms with E-state index in [1.54, 1.807) is 0 Å². The minimum absolute atomic E-state index is 0.167. The highest BCUT2D eigenvalue weighted by molar-refractivity contribution is 7.22. The third-order valence-corrected chi connectivity index (χ3v) is 3.70. The molecule has 0 aliphatic carbocycles. The van der Waals surface area contributed by atoms with E-state index >= 15 is 0 Å². The van der Waals surface area contributed by atoms with E-state index in [0.29, 0.717) is 5.13 Å². The van der Waals surface area contributed by atoms with Crippen LogP contribution in [-0.4, -0.2) is 10.9 Å². The lowest BCUT2D eigenvalue weighted by Gasteiger charge is -1.96. The third kappa shape index (κ3) is 2.47. The number of aryl methyl sites for hydroxylation is 1. The molecule has 0 radical (unpaired) electrons. The Morgan fingerprint density at radius 3 is 2.95 bits per heavy atom. The zero-order chi connectivity index (χ0) is 13.4. The summed E-state index contributed by atoms with van der Waals surface area (Å²) in [5.41, 5.74) is 2.02. The van der Waals surface area contributed by atoms with Crippen molar-refractivity contribution in [2.75, 3.05) is 5.32 Å². The number of hydrogen-bond donors (Lipinski definition) is 1. The number of carbonyl (C=O) groups excluding carboxylic acids is 1. The van der Waals surface area contributed by atoms with Crippen molar-refractivity contribution in [2.45, 2.75) is 6.92 Å². The van der Waals surface area contributed by atoms with Gasteiger partial charge in [-0.05, 0) is 48.4 Å². The highest BCUT2D eigenvalue weighted by Crippen LogP contribution is 2.27. The van der Waals surface area contributed by atoms with E-state index in [2.05, 4.69) is 10.3 Å². The molecule has 0 atom stereocenters. The van der Waals surface area contributed by atoms with Crippen molar-refractivity contribution >= 4 is 44.2 Å². The number of rotatable bonds is 2. The summed E-state index contributed by atoms with van der Waals surface area (Å²) >= 11 is 7.05. The molecular formula is C13H9ClN2O2S. The molecule has 0 saturated carbocycles. The van der Waals surface area contributed by atoms with Crippen LogP contribution in [0.1, 0.15) is 16.1 Å². The fraction of sp³-hybridized carbons (Fsp3) is 0.0769. The van der Waals surface area contributed by atoms with Gasteiger partial charge in [0.2, 0.25) is 0 Å². The van der Waals surface area contributed by atoms with E-state index in [0.717, 1.165) is 15.8 Å². The van der Waals surface area contributed by atoms with Crippen LogP contribution in [-0.2, 0) is 0 Å². The number of anilines is 1. The van der Waals surface area contributed by atoms with Crippen molar-refractivity contribution in [1.82, 2.24) is 4.98 Å². The SMILES string of the molecule is Cc1ccc2nc(NC(=O)c3ccc(Cl)o3)sc2c1. The molecule has 0 spiro atoms. The predicted molar refractivity (Wildman–Crippen MR) is 76.0 cm³/mol. The van der Waals surface area contributed by atoms with Gasteiger partial charge in [-0.25, -0.2) is 4.98 Å². The Balaban J connectivity index is 1.87. The summed E-state index contributed by atoms with van der Waals surface area (Å²) in [6, 6.07) is 9.00. The van der Waals surface area contributed by atoms with Crippen molar-refractivity contribution in [3.8, 4) is 0 Å². The number of aromatic nitrogens is 1. The number of nitrogens with one attached hydrogen (secondary N) is 1. The first-order valence-electron chi connectivity index (χ1n) is 5.56. The van der Waals surface area contributed by atoms with Crippen LogP contribution in [0, 0.1) is 6.92 Å². The topological polar surface area (TPSA) is 55.1 Å². The third-order valence-electron chi connectivity index (χ3n) is 2.56. The predicted octanol–water partition coefficient (Wildman–Crippen LogP) is 4.10. The first-order chi connectivity index (χ1) is 9.11. The van der Waals surface area contributed by atoms with E-state index in [4.69, 9.17) is 16.0 Å². The molecule has 0 fully saturated rings. The number of thiazole rings is 1. The summed E-state index contributed by atoms with van der Waals surface area (Å²) in [4.78, 5) is 16.2. The molecule has 1 N–H and O–H groups in total. The molecule has 1 amide bonds. The molecule has 0 saturated heterocycles. The molecule has 3 rings (SSSR count). The molecule has 0 aliphatic heterocycles. The minimum atomic E-state index is -0.359. The molecule has 3 aromatic rings. The summed E-state index contributed by atoms with van der Waals surface area (Å²) in [6.45, 7) is 2.02. The van der Waals surface area contributed by atoms with Crippen LogP contribution in [0.15, 0.2) is 34.7 Å². The van der Waals surface area contributed by atoms with Crippen LogP contribution < -0.4 is 5.32 Å². The summed E-state index contributed by atoms with van der Waals surface area (Å²) in [6.07, 6.45) is 0. The molecule has 2 heterocycles. The van der Waals surface area contributed by atoms with Gasteiger partial charge in [-0.3, -0.25) is 10.1 Å². The van der Waals surface area contributed by atoms with E-state index in [1.807, 2.05) is 25.1 Å². The van der Waals surface area contributed by atoms with Gasteiger partial charge in [0.25, 0.3) is 5.91 Å². The molecule has 1 aromatic carbocycles. The average Bonchev–Trinajstić information content (AvgIpc) is 2.94. The van der Waals surface area contributed by atoms with Gasteiger partial charge in [-0.2, -0.15) is 0 Å². The first kappa shape index (κ1) is 12.2. The van der Waals surface area contributed by atoms with Crippen LogP contribution in [0.2, 0.25) is 5.22 Å². The molecule has 19 heavy (non-hydrogen) atoms. The normalized spacial score (nSPS) is 10.8. The molecule has 6 heteroatoms. The highest BCUT2D eigenvalue weighted by Gasteiger charge is 2.13. The Bertz CT molecular complexity index is 763. The second-order valence-electron chi connectivity index (χ2n) is 4.05. The van der Waals surface area contributed by atoms with Crippen molar-refractivity contribution in [3.05, 3.63) is 46.9 Å². The van der Waals surface area contributed by atoms with Gasteiger partial charge < -0.3 is 4.42 Å². The number of carbonyl (C=O) groups is 1. The lowest BCUT2D eigenvalue weighted by atomic mass is 10.2. The number of furan rings is 1. The molecule has 0 unspecified atom stereocenters. The second kappa shape index (κ2) is 4.68. The molecule has 96 valence electrons. The Morgan fingerprint density at radius 1 is 1.37 bits per heavy atom. The summed E-state index contributed by atoms with van der Waals surface area (Å²) in [5, 5.41) is 3.42. The molecule has 0 bridgehead atoms. The van der Waals surface area contributed by atoms with Gasteiger partial charge in [0, 0.05) is 0 Å². The number of amides is 1. The molecule has 0 aliphatic rings. The van der Waals surface area contributed by atoms with E-state index in [1.165, 1.54) is 23.5 Å². The molecular weight excluding hydrogens is 284 g/mol. The van der Waals surface area contributed by atoms with Crippen molar-refractivity contribution in [1.29, 1.82) is 0 Å². The zero-order valence-electron chi connectivity index (χ0n) is 9.94. The van der Waals surface area contributed by atoms with Crippen LogP contribution in [0.25, 0.3) is 10.2 Å². The van der Waals surface area contributed by atoms with Gasteiger partial charge in [-0.1, -0.05) is 17.4 Å². The Hall–Kier alpha value is -1.85. The maximum Gasteiger partial charge on any atom is 0.293 e. The van der Waals surface area contributed by atoms with Crippen molar-refractivity contribution in [3.63, 3.8) is 0 Å². The standard InChI is InChI=1S/C13H9ClN2O2S/c1-7-2-3-8-10(6-7)19-13(15-8)16-12(17)9-4-5-11(14)18-9/h2-6H,1H3,(H,15,16,17). The maximum atomic E-state index is 11.9. The highest BCUT2D eigenvalue weighted by atomic mass is 35.5.